The molecule has 0 aromatic heterocycles. The number of likely N-dealkylation sites (tertiary alicyclic amines) is 1. The molecule has 5 nitrogen and oxygen atoms in total. The summed E-state index contributed by atoms with van der Waals surface area (Å²) in [5, 5.41) is 0. The normalized spacial score (nSPS) is 22.1. The van der Waals surface area contributed by atoms with E-state index in [-0.39, 0.29) is 0 Å². The molecule has 2 aliphatic heterocycles. The van der Waals surface area contributed by atoms with E-state index in [0.29, 0.717) is 12.5 Å². The van der Waals surface area contributed by atoms with Crippen molar-refractivity contribution in [2.75, 3.05) is 58.9 Å². The Kier molecular flexibility index (Phi) is 6.76. The van der Waals surface area contributed by atoms with Gasteiger partial charge in [-0.25, -0.2) is 0 Å². The van der Waals surface area contributed by atoms with Gasteiger partial charge in [-0.1, -0.05) is 0 Å². The van der Waals surface area contributed by atoms with E-state index in [9.17, 15) is 4.79 Å². The molecule has 2 fully saturated rings. The summed E-state index contributed by atoms with van der Waals surface area (Å²) in [4.78, 5) is 19.1. The van der Waals surface area contributed by atoms with Gasteiger partial charge < -0.3 is 15.5 Å². The van der Waals surface area contributed by atoms with E-state index in [1.165, 1.54) is 25.7 Å². The molecule has 20 heavy (non-hydrogen) atoms. The van der Waals surface area contributed by atoms with Crippen LogP contribution in [0.25, 0.3) is 0 Å². The van der Waals surface area contributed by atoms with Gasteiger partial charge in [-0.3, -0.25) is 9.69 Å². The van der Waals surface area contributed by atoms with E-state index in [1.54, 1.807) is 0 Å². The van der Waals surface area contributed by atoms with Crippen LogP contribution in [0.2, 0.25) is 0 Å². The van der Waals surface area contributed by atoms with E-state index in [0.717, 1.165) is 58.8 Å². The lowest BCUT2D eigenvalue weighted by molar-refractivity contribution is -0.133. The van der Waals surface area contributed by atoms with Gasteiger partial charge in [0, 0.05) is 39.3 Å². The maximum absolute atomic E-state index is 12.2. The molecule has 2 rings (SSSR count). The lowest BCUT2D eigenvalue weighted by Gasteiger charge is -2.36. The van der Waals surface area contributed by atoms with Crippen LogP contribution < -0.4 is 5.73 Å². The Morgan fingerprint density at radius 3 is 2.15 bits per heavy atom. The molecule has 0 saturated carbocycles. The lowest BCUT2D eigenvalue weighted by atomic mass is 10.1. The van der Waals surface area contributed by atoms with Crippen molar-refractivity contribution in [1.82, 2.24) is 14.7 Å². The van der Waals surface area contributed by atoms with Crippen molar-refractivity contribution in [3.8, 4) is 0 Å². The van der Waals surface area contributed by atoms with Crippen LogP contribution in [0.15, 0.2) is 0 Å². The van der Waals surface area contributed by atoms with Crippen molar-refractivity contribution in [1.29, 1.82) is 0 Å². The first-order valence-corrected chi connectivity index (χ1v) is 8.22. The molecular formula is C15H30N4O. The molecule has 2 saturated heterocycles. The fourth-order valence-electron chi connectivity index (χ4n) is 3.09. The van der Waals surface area contributed by atoms with Gasteiger partial charge in [0.2, 0.25) is 5.91 Å². The first-order valence-electron chi connectivity index (χ1n) is 8.22. The highest BCUT2D eigenvalue weighted by atomic mass is 16.2. The van der Waals surface area contributed by atoms with Gasteiger partial charge in [0.25, 0.3) is 0 Å². The van der Waals surface area contributed by atoms with Gasteiger partial charge in [0.05, 0.1) is 6.54 Å². The number of nitrogens with two attached hydrogens (primary N) is 1. The Morgan fingerprint density at radius 2 is 1.50 bits per heavy atom. The van der Waals surface area contributed by atoms with Gasteiger partial charge in [-0.15, -0.1) is 0 Å². The van der Waals surface area contributed by atoms with Crippen LogP contribution in [0, 0.1) is 0 Å². The summed E-state index contributed by atoms with van der Waals surface area (Å²) in [5.74, 6) is 0.335. The molecule has 0 spiro atoms. The van der Waals surface area contributed by atoms with E-state index in [2.05, 4.69) is 14.7 Å². The highest BCUT2D eigenvalue weighted by Gasteiger charge is 2.22. The molecule has 0 aromatic rings. The second kappa shape index (κ2) is 8.60. The zero-order valence-electron chi connectivity index (χ0n) is 12.7. The maximum atomic E-state index is 12.2. The number of amides is 1. The van der Waals surface area contributed by atoms with Crippen LogP contribution in [0.4, 0.5) is 0 Å². The minimum absolute atomic E-state index is 0.335. The molecule has 0 bridgehead atoms. The fraction of sp³-hybridized carbons (Fsp3) is 0.933. The highest BCUT2D eigenvalue weighted by Crippen LogP contribution is 2.10. The first-order chi connectivity index (χ1) is 9.79. The SMILES string of the molecule is NCCCCN1CCN(CC(=O)N2CCCCC2)CC1. The molecular weight excluding hydrogens is 252 g/mol. The summed E-state index contributed by atoms with van der Waals surface area (Å²) < 4.78 is 0. The lowest BCUT2D eigenvalue weighted by Crippen LogP contribution is -2.50. The van der Waals surface area contributed by atoms with Gasteiger partial charge in [0.1, 0.15) is 0 Å². The standard InChI is InChI=1S/C15H30N4O/c16-6-2-5-7-17-10-12-18(13-11-17)14-15(20)19-8-3-1-4-9-19/h1-14,16H2. The third-order valence-corrected chi connectivity index (χ3v) is 4.46. The molecule has 116 valence electrons. The quantitative estimate of drug-likeness (QED) is 0.715. The van der Waals surface area contributed by atoms with Crippen LogP contribution in [-0.4, -0.2) is 79.5 Å². The van der Waals surface area contributed by atoms with Crippen molar-refractivity contribution in [3.63, 3.8) is 0 Å². The molecule has 0 radical (unpaired) electrons. The Labute approximate surface area is 123 Å². The molecule has 2 N–H and O–H groups in total. The van der Waals surface area contributed by atoms with Gasteiger partial charge >= 0.3 is 0 Å². The van der Waals surface area contributed by atoms with E-state index in [1.807, 2.05) is 0 Å². The summed E-state index contributed by atoms with van der Waals surface area (Å²) in [6.45, 7) is 8.77. The number of nitrogens with zero attached hydrogens (tertiary/aromatic N) is 3. The topological polar surface area (TPSA) is 52.8 Å². The number of rotatable bonds is 6. The zero-order chi connectivity index (χ0) is 14.2. The number of piperidine rings is 1. The average molecular weight is 282 g/mol. The minimum atomic E-state index is 0.335. The molecule has 2 heterocycles. The fourth-order valence-corrected chi connectivity index (χ4v) is 3.09. The smallest absolute Gasteiger partial charge is 0.236 e. The summed E-state index contributed by atoms with van der Waals surface area (Å²) in [7, 11) is 0. The van der Waals surface area contributed by atoms with Gasteiger partial charge in [0.15, 0.2) is 0 Å². The Balaban J connectivity index is 1.62. The molecule has 5 heteroatoms. The van der Waals surface area contributed by atoms with Crippen LogP contribution in [0.5, 0.6) is 0 Å². The second-order valence-corrected chi connectivity index (χ2v) is 6.06. The Morgan fingerprint density at radius 1 is 0.850 bits per heavy atom. The monoisotopic (exact) mass is 282 g/mol. The number of piperazine rings is 1. The predicted molar refractivity (Wildman–Crippen MR) is 81.6 cm³/mol. The molecule has 0 unspecified atom stereocenters. The zero-order valence-corrected chi connectivity index (χ0v) is 12.7. The van der Waals surface area contributed by atoms with Crippen molar-refractivity contribution in [2.45, 2.75) is 32.1 Å². The van der Waals surface area contributed by atoms with Crippen LogP contribution in [-0.2, 0) is 4.79 Å². The first kappa shape index (κ1) is 15.7. The number of unbranched alkanes of at least 4 members (excludes halogenated alkanes) is 1. The van der Waals surface area contributed by atoms with Crippen LogP contribution in [0.3, 0.4) is 0 Å². The van der Waals surface area contributed by atoms with Crippen molar-refractivity contribution < 1.29 is 4.79 Å². The molecule has 1 amide bonds. The second-order valence-electron chi connectivity index (χ2n) is 6.06. The third kappa shape index (κ3) is 5.04. The molecule has 0 aliphatic carbocycles. The van der Waals surface area contributed by atoms with Crippen LogP contribution in [0.1, 0.15) is 32.1 Å². The summed E-state index contributed by atoms with van der Waals surface area (Å²) in [6, 6.07) is 0. The summed E-state index contributed by atoms with van der Waals surface area (Å²) in [5.41, 5.74) is 5.52. The van der Waals surface area contributed by atoms with Crippen molar-refractivity contribution >= 4 is 5.91 Å². The van der Waals surface area contributed by atoms with E-state index < -0.39 is 0 Å². The average Bonchev–Trinajstić information content (AvgIpc) is 2.50. The van der Waals surface area contributed by atoms with E-state index >= 15 is 0 Å². The molecule has 0 atom stereocenters. The number of carbonyl (C=O) groups excluding carboxylic acids is 1. The third-order valence-electron chi connectivity index (χ3n) is 4.46. The number of hydrogen-bond acceptors (Lipinski definition) is 4. The van der Waals surface area contributed by atoms with Crippen LogP contribution >= 0.6 is 0 Å². The molecule has 0 aromatic carbocycles. The van der Waals surface area contributed by atoms with Gasteiger partial charge in [-0.2, -0.15) is 0 Å². The number of hydrogen-bond donors (Lipinski definition) is 1. The molecule has 2 aliphatic rings. The Hall–Kier alpha value is -0.650. The summed E-state index contributed by atoms with van der Waals surface area (Å²) >= 11 is 0. The highest BCUT2D eigenvalue weighted by molar-refractivity contribution is 5.78. The van der Waals surface area contributed by atoms with E-state index in [4.69, 9.17) is 5.73 Å². The largest absolute Gasteiger partial charge is 0.342 e. The minimum Gasteiger partial charge on any atom is -0.342 e. The number of carbonyl (C=O) groups is 1. The van der Waals surface area contributed by atoms with Crippen molar-refractivity contribution in [3.05, 3.63) is 0 Å². The Bertz CT molecular complexity index is 284. The maximum Gasteiger partial charge on any atom is 0.236 e. The van der Waals surface area contributed by atoms with Gasteiger partial charge in [-0.05, 0) is 45.2 Å². The predicted octanol–water partition coefficient (Wildman–Crippen LogP) is 0.355. The summed E-state index contributed by atoms with van der Waals surface area (Å²) in [6.07, 6.45) is 5.96. The van der Waals surface area contributed by atoms with Crippen molar-refractivity contribution in [2.24, 2.45) is 5.73 Å².